The molecule has 0 N–H and O–H groups in total. The van der Waals surface area contributed by atoms with E-state index in [0.29, 0.717) is 18.8 Å². The number of carbonyl (C=O) groups is 1. The summed E-state index contributed by atoms with van der Waals surface area (Å²) < 4.78 is 7.34. The van der Waals surface area contributed by atoms with Crippen LogP contribution in [-0.4, -0.2) is 50.0 Å². The van der Waals surface area contributed by atoms with Gasteiger partial charge in [-0.25, -0.2) is 0 Å². The first-order valence-electron chi connectivity index (χ1n) is 6.44. The van der Waals surface area contributed by atoms with Crippen LogP contribution in [0.2, 0.25) is 0 Å². The summed E-state index contributed by atoms with van der Waals surface area (Å²) in [6.07, 6.45) is 5.82. The van der Waals surface area contributed by atoms with E-state index in [1.54, 1.807) is 30.5 Å². The van der Waals surface area contributed by atoms with Crippen LogP contribution >= 0.6 is 0 Å². The highest BCUT2D eigenvalue weighted by molar-refractivity contribution is 5.92. The van der Waals surface area contributed by atoms with Crippen LogP contribution in [0.25, 0.3) is 0 Å². The van der Waals surface area contributed by atoms with Gasteiger partial charge in [0.2, 0.25) is 0 Å². The molecular formula is C13H15N5O2. The van der Waals surface area contributed by atoms with Gasteiger partial charge in [-0.05, 0) is 12.1 Å². The zero-order valence-corrected chi connectivity index (χ0v) is 11.1. The van der Waals surface area contributed by atoms with Crippen LogP contribution in [0, 0.1) is 0 Å². The number of pyridine rings is 1. The maximum atomic E-state index is 12.2. The van der Waals surface area contributed by atoms with E-state index in [1.165, 1.54) is 4.68 Å². The highest BCUT2D eigenvalue weighted by Crippen LogP contribution is 2.18. The summed E-state index contributed by atoms with van der Waals surface area (Å²) >= 11 is 0. The summed E-state index contributed by atoms with van der Waals surface area (Å²) in [5.41, 5.74) is 0.372. The maximum Gasteiger partial charge on any atom is 0.276 e. The predicted octanol–water partition coefficient (Wildman–Crippen LogP) is 0.504. The van der Waals surface area contributed by atoms with E-state index in [-0.39, 0.29) is 12.0 Å². The number of nitrogens with zero attached hydrogens (tertiary/aromatic N) is 5. The van der Waals surface area contributed by atoms with Gasteiger partial charge in [-0.2, -0.15) is 0 Å². The van der Waals surface area contributed by atoms with Gasteiger partial charge in [0.15, 0.2) is 5.69 Å². The van der Waals surface area contributed by atoms with Crippen LogP contribution < -0.4 is 4.74 Å². The molecule has 20 heavy (non-hydrogen) atoms. The Balaban J connectivity index is 1.61. The molecule has 2 aromatic heterocycles. The van der Waals surface area contributed by atoms with Crippen LogP contribution in [0.5, 0.6) is 5.75 Å². The van der Waals surface area contributed by atoms with Crippen molar-refractivity contribution in [2.24, 2.45) is 7.05 Å². The lowest BCUT2D eigenvalue weighted by Crippen LogP contribution is -2.31. The first kappa shape index (κ1) is 12.6. The highest BCUT2D eigenvalue weighted by Gasteiger charge is 2.29. The smallest absolute Gasteiger partial charge is 0.276 e. The zero-order chi connectivity index (χ0) is 13.9. The van der Waals surface area contributed by atoms with Crippen molar-refractivity contribution in [3.63, 3.8) is 0 Å². The molecular weight excluding hydrogens is 258 g/mol. The molecule has 1 aliphatic rings. The number of aryl methyl sites for hydroxylation is 1. The van der Waals surface area contributed by atoms with Crippen molar-refractivity contribution in [1.29, 1.82) is 0 Å². The third-order valence-corrected chi connectivity index (χ3v) is 3.21. The van der Waals surface area contributed by atoms with Crippen molar-refractivity contribution in [3.8, 4) is 5.75 Å². The van der Waals surface area contributed by atoms with Crippen molar-refractivity contribution in [3.05, 3.63) is 36.4 Å². The van der Waals surface area contributed by atoms with E-state index in [2.05, 4.69) is 15.3 Å². The Bertz CT molecular complexity index is 598. The molecule has 0 saturated carbocycles. The molecule has 3 rings (SSSR count). The fourth-order valence-electron chi connectivity index (χ4n) is 2.23. The van der Waals surface area contributed by atoms with Crippen LogP contribution in [-0.2, 0) is 7.05 Å². The van der Waals surface area contributed by atoms with E-state index in [0.717, 1.165) is 12.2 Å². The fourth-order valence-corrected chi connectivity index (χ4v) is 2.23. The lowest BCUT2D eigenvalue weighted by atomic mass is 10.3. The van der Waals surface area contributed by atoms with Crippen LogP contribution in [0.3, 0.4) is 0 Å². The minimum atomic E-state index is -0.0982. The maximum absolute atomic E-state index is 12.2. The quantitative estimate of drug-likeness (QED) is 0.814. The molecule has 1 saturated heterocycles. The number of hydrogen-bond donors (Lipinski definition) is 0. The summed E-state index contributed by atoms with van der Waals surface area (Å²) in [6.45, 7) is 1.24. The Kier molecular flexibility index (Phi) is 3.32. The lowest BCUT2D eigenvalue weighted by molar-refractivity contribution is 0.0766. The minimum Gasteiger partial charge on any atom is -0.488 e. The molecule has 3 heterocycles. The van der Waals surface area contributed by atoms with E-state index < -0.39 is 0 Å². The third-order valence-electron chi connectivity index (χ3n) is 3.21. The largest absolute Gasteiger partial charge is 0.488 e. The number of aromatic nitrogens is 4. The van der Waals surface area contributed by atoms with Crippen LogP contribution in [0.1, 0.15) is 16.9 Å². The van der Waals surface area contributed by atoms with Gasteiger partial charge in [-0.1, -0.05) is 5.21 Å². The number of likely N-dealkylation sites (tertiary alicyclic amines) is 1. The van der Waals surface area contributed by atoms with Gasteiger partial charge < -0.3 is 9.64 Å². The monoisotopic (exact) mass is 273 g/mol. The van der Waals surface area contributed by atoms with Gasteiger partial charge in [-0.3, -0.25) is 14.5 Å². The molecule has 1 atom stereocenters. The van der Waals surface area contributed by atoms with Gasteiger partial charge in [-0.15, -0.1) is 5.10 Å². The van der Waals surface area contributed by atoms with Gasteiger partial charge in [0.05, 0.1) is 12.7 Å². The van der Waals surface area contributed by atoms with E-state index >= 15 is 0 Å². The Morgan fingerprint density at radius 2 is 2.20 bits per heavy atom. The van der Waals surface area contributed by atoms with Crippen molar-refractivity contribution in [1.82, 2.24) is 24.9 Å². The Morgan fingerprint density at radius 3 is 2.90 bits per heavy atom. The number of carbonyl (C=O) groups excluding carboxylic acids is 1. The minimum absolute atomic E-state index is 0.0121. The standard InChI is InChI=1S/C13H15N5O2/c1-17-9-12(15-16-17)13(19)18-7-4-11(8-18)20-10-2-5-14-6-3-10/h2-3,5-6,9,11H,4,7-8H2,1H3/t11-/m0/s1. The number of amides is 1. The molecule has 7 heteroatoms. The topological polar surface area (TPSA) is 73.1 Å². The summed E-state index contributed by atoms with van der Waals surface area (Å²) in [7, 11) is 1.74. The van der Waals surface area contributed by atoms with E-state index in [4.69, 9.17) is 4.74 Å². The Hall–Kier alpha value is -2.44. The molecule has 0 spiro atoms. The van der Waals surface area contributed by atoms with Crippen molar-refractivity contribution < 1.29 is 9.53 Å². The molecule has 104 valence electrons. The van der Waals surface area contributed by atoms with Gasteiger partial charge in [0, 0.05) is 32.4 Å². The molecule has 1 aliphatic heterocycles. The van der Waals surface area contributed by atoms with Crippen molar-refractivity contribution in [2.45, 2.75) is 12.5 Å². The molecule has 1 amide bonds. The molecule has 0 bridgehead atoms. The SMILES string of the molecule is Cn1cc(C(=O)N2CC[C@H](Oc3ccncc3)C2)nn1. The summed E-state index contributed by atoms with van der Waals surface area (Å²) in [5, 5.41) is 7.62. The molecule has 0 unspecified atom stereocenters. The summed E-state index contributed by atoms with van der Waals surface area (Å²) in [4.78, 5) is 17.9. The third kappa shape index (κ3) is 2.61. The summed E-state index contributed by atoms with van der Waals surface area (Å²) in [6, 6.07) is 3.63. The fraction of sp³-hybridized carbons (Fsp3) is 0.385. The lowest BCUT2D eigenvalue weighted by Gasteiger charge is -2.15. The van der Waals surface area contributed by atoms with E-state index in [9.17, 15) is 4.79 Å². The second kappa shape index (κ2) is 5.28. The predicted molar refractivity (Wildman–Crippen MR) is 70.2 cm³/mol. The second-order valence-corrected chi connectivity index (χ2v) is 4.74. The summed E-state index contributed by atoms with van der Waals surface area (Å²) in [5.74, 6) is 0.678. The van der Waals surface area contributed by atoms with Gasteiger partial charge >= 0.3 is 0 Å². The van der Waals surface area contributed by atoms with Gasteiger partial charge in [0.1, 0.15) is 11.9 Å². The number of ether oxygens (including phenoxy) is 1. The molecule has 0 radical (unpaired) electrons. The second-order valence-electron chi connectivity index (χ2n) is 4.74. The zero-order valence-electron chi connectivity index (χ0n) is 11.1. The number of rotatable bonds is 3. The van der Waals surface area contributed by atoms with Crippen LogP contribution in [0.15, 0.2) is 30.7 Å². The number of hydrogen-bond acceptors (Lipinski definition) is 5. The molecule has 0 aromatic carbocycles. The first-order chi connectivity index (χ1) is 9.72. The first-order valence-corrected chi connectivity index (χ1v) is 6.44. The van der Waals surface area contributed by atoms with Crippen molar-refractivity contribution >= 4 is 5.91 Å². The van der Waals surface area contributed by atoms with E-state index in [1.807, 2.05) is 12.1 Å². The average molecular weight is 273 g/mol. The normalized spacial score (nSPS) is 18.2. The Morgan fingerprint density at radius 1 is 1.40 bits per heavy atom. The average Bonchev–Trinajstić information content (AvgIpc) is 3.08. The molecule has 0 aliphatic carbocycles. The molecule has 1 fully saturated rings. The molecule has 7 nitrogen and oxygen atoms in total. The highest BCUT2D eigenvalue weighted by atomic mass is 16.5. The molecule has 2 aromatic rings. The van der Waals surface area contributed by atoms with Crippen molar-refractivity contribution in [2.75, 3.05) is 13.1 Å². The Labute approximate surface area is 116 Å². The van der Waals surface area contributed by atoms with Crippen LogP contribution in [0.4, 0.5) is 0 Å². The van der Waals surface area contributed by atoms with Gasteiger partial charge in [0.25, 0.3) is 5.91 Å².